The SMILES string of the molecule is COC(=O)c1cc(NC(=S)NCCSc2ccc(Cl)cc2)cc(C(=O)OC)c1. The average Bonchev–Trinajstić information content (AvgIpc) is 2.71. The molecule has 0 heterocycles. The Bertz CT molecular complexity index is 825. The second-order valence-electron chi connectivity index (χ2n) is 5.47. The van der Waals surface area contributed by atoms with Crippen molar-refractivity contribution < 1.29 is 19.1 Å². The van der Waals surface area contributed by atoms with Crippen LogP contribution in [0.3, 0.4) is 0 Å². The van der Waals surface area contributed by atoms with Gasteiger partial charge in [-0.05, 0) is 54.7 Å². The monoisotopic (exact) mass is 438 g/mol. The lowest BCUT2D eigenvalue weighted by Crippen LogP contribution is -2.30. The van der Waals surface area contributed by atoms with Gasteiger partial charge in [0.1, 0.15) is 0 Å². The average molecular weight is 439 g/mol. The van der Waals surface area contributed by atoms with E-state index in [4.69, 9.17) is 33.3 Å². The zero-order chi connectivity index (χ0) is 20.5. The Morgan fingerprint density at radius 2 is 1.61 bits per heavy atom. The van der Waals surface area contributed by atoms with Crippen LogP contribution in [-0.2, 0) is 9.47 Å². The number of thiocarbonyl (C=S) groups is 1. The molecule has 0 atom stereocenters. The van der Waals surface area contributed by atoms with Crippen molar-refractivity contribution in [2.24, 2.45) is 0 Å². The minimum absolute atomic E-state index is 0.217. The highest BCUT2D eigenvalue weighted by atomic mass is 35.5. The maximum Gasteiger partial charge on any atom is 0.337 e. The van der Waals surface area contributed by atoms with Crippen molar-refractivity contribution in [1.82, 2.24) is 5.32 Å². The minimum atomic E-state index is -0.563. The standard InChI is InChI=1S/C19H19ClN2O4S2/c1-25-17(23)12-9-13(18(24)26-2)11-15(10-12)22-19(27)21-7-8-28-16-5-3-14(20)4-6-16/h3-6,9-11H,7-8H2,1-2H3,(H2,21,22,27). The van der Waals surface area contributed by atoms with Crippen molar-refractivity contribution in [2.75, 3.05) is 31.8 Å². The fraction of sp³-hybridized carbons (Fsp3) is 0.211. The van der Waals surface area contributed by atoms with Gasteiger partial charge in [0.15, 0.2) is 5.11 Å². The number of rotatable bonds is 7. The van der Waals surface area contributed by atoms with Crippen LogP contribution in [-0.4, -0.2) is 43.6 Å². The quantitative estimate of drug-likeness (QED) is 0.291. The maximum absolute atomic E-state index is 11.8. The summed E-state index contributed by atoms with van der Waals surface area (Å²) < 4.78 is 9.43. The van der Waals surface area contributed by atoms with Crippen molar-refractivity contribution in [3.05, 3.63) is 58.6 Å². The second-order valence-corrected chi connectivity index (χ2v) is 7.48. The number of hydrogen-bond donors (Lipinski definition) is 2. The Morgan fingerprint density at radius 3 is 2.14 bits per heavy atom. The zero-order valence-corrected chi connectivity index (χ0v) is 17.7. The maximum atomic E-state index is 11.8. The van der Waals surface area contributed by atoms with Gasteiger partial charge < -0.3 is 20.1 Å². The number of ether oxygens (including phenoxy) is 2. The molecule has 0 spiro atoms. The molecule has 2 rings (SSSR count). The molecule has 28 heavy (non-hydrogen) atoms. The molecule has 0 fully saturated rings. The summed E-state index contributed by atoms with van der Waals surface area (Å²) >= 11 is 12.8. The van der Waals surface area contributed by atoms with Crippen LogP contribution in [0.15, 0.2) is 47.4 Å². The molecule has 2 aromatic rings. The van der Waals surface area contributed by atoms with E-state index in [2.05, 4.69) is 10.6 Å². The number of hydrogen-bond acceptors (Lipinski definition) is 6. The fourth-order valence-electron chi connectivity index (χ4n) is 2.21. The van der Waals surface area contributed by atoms with Crippen molar-refractivity contribution in [3.63, 3.8) is 0 Å². The summed E-state index contributed by atoms with van der Waals surface area (Å²) in [5.41, 5.74) is 0.911. The van der Waals surface area contributed by atoms with Gasteiger partial charge in [-0.3, -0.25) is 0 Å². The highest BCUT2D eigenvalue weighted by molar-refractivity contribution is 7.99. The molecule has 0 bridgehead atoms. The predicted octanol–water partition coefficient (Wildman–Crippen LogP) is 3.99. The molecular weight excluding hydrogens is 420 g/mol. The third-order valence-electron chi connectivity index (χ3n) is 3.50. The molecule has 0 amide bonds. The molecule has 0 saturated carbocycles. The molecule has 0 aliphatic carbocycles. The Hall–Kier alpha value is -2.29. The first kappa shape index (κ1) is 22.0. The van der Waals surface area contributed by atoms with E-state index in [1.807, 2.05) is 24.3 Å². The van der Waals surface area contributed by atoms with Gasteiger partial charge in [-0.25, -0.2) is 9.59 Å². The van der Waals surface area contributed by atoms with Gasteiger partial charge in [-0.1, -0.05) is 11.6 Å². The van der Waals surface area contributed by atoms with Crippen molar-refractivity contribution in [3.8, 4) is 0 Å². The van der Waals surface area contributed by atoms with E-state index >= 15 is 0 Å². The first-order valence-electron chi connectivity index (χ1n) is 8.18. The molecule has 6 nitrogen and oxygen atoms in total. The minimum Gasteiger partial charge on any atom is -0.465 e. The van der Waals surface area contributed by atoms with Crippen molar-refractivity contribution in [2.45, 2.75) is 4.90 Å². The summed E-state index contributed by atoms with van der Waals surface area (Å²) in [6.45, 7) is 0.625. The Kier molecular flexibility index (Phi) is 8.56. The lowest BCUT2D eigenvalue weighted by atomic mass is 10.1. The molecule has 0 radical (unpaired) electrons. The van der Waals surface area contributed by atoms with E-state index in [0.29, 0.717) is 22.4 Å². The van der Waals surface area contributed by atoms with Crippen LogP contribution >= 0.6 is 35.6 Å². The number of esters is 2. The largest absolute Gasteiger partial charge is 0.465 e. The highest BCUT2D eigenvalue weighted by Gasteiger charge is 2.14. The predicted molar refractivity (Wildman–Crippen MR) is 116 cm³/mol. The molecule has 0 aromatic heterocycles. The summed E-state index contributed by atoms with van der Waals surface area (Å²) in [5.74, 6) is -0.335. The molecule has 2 N–H and O–H groups in total. The second kappa shape index (κ2) is 10.9. The van der Waals surface area contributed by atoms with Gasteiger partial charge in [0, 0.05) is 27.9 Å². The van der Waals surface area contributed by atoms with Crippen LogP contribution < -0.4 is 10.6 Å². The number of nitrogens with one attached hydrogen (secondary N) is 2. The lowest BCUT2D eigenvalue weighted by Gasteiger charge is -2.12. The van der Waals surface area contributed by atoms with E-state index in [1.165, 1.54) is 20.3 Å². The van der Waals surface area contributed by atoms with E-state index in [-0.39, 0.29) is 11.1 Å². The molecule has 9 heteroatoms. The van der Waals surface area contributed by atoms with Gasteiger partial charge in [0.2, 0.25) is 0 Å². The van der Waals surface area contributed by atoms with Gasteiger partial charge in [-0.15, -0.1) is 11.8 Å². The Labute approximate surface area is 177 Å². The van der Waals surface area contributed by atoms with Gasteiger partial charge >= 0.3 is 11.9 Å². The third-order valence-corrected chi connectivity index (χ3v) is 5.02. The summed E-state index contributed by atoms with van der Waals surface area (Å²) in [5, 5.41) is 7.12. The van der Waals surface area contributed by atoms with Crippen LogP contribution in [0.1, 0.15) is 20.7 Å². The van der Waals surface area contributed by atoms with Gasteiger partial charge in [-0.2, -0.15) is 0 Å². The van der Waals surface area contributed by atoms with Crippen LogP contribution in [0.2, 0.25) is 5.02 Å². The molecule has 2 aromatic carbocycles. The molecular formula is C19H19ClN2O4S2. The first-order chi connectivity index (χ1) is 13.4. The molecule has 0 aliphatic heterocycles. The summed E-state index contributed by atoms with van der Waals surface area (Å²) in [7, 11) is 2.54. The van der Waals surface area contributed by atoms with Gasteiger partial charge in [0.05, 0.1) is 25.3 Å². The number of anilines is 1. The third kappa shape index (κ3) is 6.70. The van der Waals surface area contributed by atoms with E-state index < -0.39 is 11.9 Å². The van der Waals surface area contributed by atoms with E-state index in [9.17, 15) is 9.59 Å². The number of halogens is 1. The van der Waals surface area contributed by atoms with Crippen LogP contribution in [0.4, 0.5) is 5.69 Å². The smallest absolute Gasteiger partial charge is 0.337 e. The summed E-state index contributed by atoms with van der Waals surface area (Å²) in [6, 6.07) is 12.1. The fourth-order valence-corrected chi connectivity index (χ4v) is 3.32. The summed E-state index contributed by atoms with van der Waals surface area (Å²) in [6.07, 6.45) is 0. The first-order valence-corrected chi connectivity index (χ1v) is 9.95. The normalized spacial score (nSPS) is 10.1. The number of thioether (sulfide) groups is 1. The molecule has 148 valence electrons. The highest BCUT2D eigenvalue weighted by Crippen LogP contribution is 2.20. The number of carbonyl (C=O) groups excluding carboxylic acids is 2. The molecule has 0 unspecified atom stereocenters. The Balaban J connectivity index is 1.93. The zero-order valence-electron chi connectivity index (χ0n) is 15.3. The summed E-state index contributed by atoms with van der Waals surface area (Å²) in [4.78, 5) is 24.7. The topological polar surface area (TPSA) is 76.7 Å². The molecule has 0 saturated heterocycles. The number of benzene rings is 2. The Morgan fingerprint density at radius 1 is 1.04 bits per heavy atom. The van der Waals surface area contributed by atoms with Crippen LogP contribution in [0.25, 0.3) is 0 Å². The van der Waals surface area contributed by atoms with Crippen molar-refractivity contribution >= 4 is 58.3 Å². The number of carbonyl (C=O) groups is 2. The van der Waals surface area contributed by atoms with Crippen LogP contribution in [0.5, 0.6) is 0 Å². The van der Waals surface area contributed by atoms with E-state index in [0.717, 1.165) is 10.6 Å². The lowest BCUT2D eigenvalue weighted by molar-refractivity contribution is 0.0599. The number of methoxy groups -OCH3 is 2. The van der Waals surface area contributed by atoms with Crippen LogP contribution in [0, 0.1) is 0 Å². The van der Waals surface area contributed by atoms with Crippen molar-refractivity contribution in [1.29, 1.82) is 0 Å². The van der Waals surface area contributed by atoms with E-state index in [1.54, 1.807) is 23.9 Å². The molecule has 0 aliphatic rings. The van der Waals surface area contributed by atoms with Gasteiger partial charge in [0.25, 0.3) is 0 Å².